The molecule has 0 radical (unpaired) electrons. The molecule has 0 saturated carbocycles. The van der Waals surface area contributed by atoms with Gasteiger partial charge < -0.3 is 24.5 Å². The number of halogens is 1. The van der Waals surface area contributed by atoms with Crippen LogP contribution in [0.4, 0.5) is 4.39 Å². The van der Waals surface area contributed by atoms with E-state index in [1.807, 2.05) is 6.92 Å². The van der Waals surface area contributed by atoms with Gasteiger partial charge in [-0.3, -0.25) is 9.13 Å². The van der Waals surface area contributed by atoms with Gasteiger partial charge in [-0.25, -0.2) is 4.39 Å². The van der Waals surface area contributed by atoms with Gasteiger partial charge in [-0.05, 0) is 20.0 Å². The monoisotopic (exact) mass is 321 g/mol. The van der Waals surface area contributed by atoms with Crippen molar-refractivity contribution in [3.63, 3.8) is 0 Å². The van der Waals surface area contributed by atoms with Crippen LogP contribution < -0.4 is 0 Å². The van der Waals surface area contributed by atoms with Crippen molar-refractivity contribution in [3.05, 3.63) is 0 Å². The van der Waals surface area contributed by atoms with Crippen molar-refractivity contribution in [2.75, 3.05) is 20.1 Å². The third kappa shape index (κ3) is 5.60. The highest BCUT2D eigenvalue weighted by Crippen LogP contribution is 2.71. The molecule has 0 rings (SSSR count). The number of hydrogen-bond donors (Lipinski definition) is 4. The molecule has 0 atom stereocenters. The van der Waals surface area contributed by atoms with E-state index >= 15 is 0 Å². The van der Waals surface area contributed by atoms with Gasteiger partial charge in [-0.2, -0.15) is 0 Å². The molecule has 0 aliphatic rings. The summed E-state index contributed by atoms with van der Waals surface area (Å²) in [6.07, 6.45) is 1.87. The maximum Gasteiger partial charge on any atom is 0.375 e. The fourth-order valence-electron chi connectivity index (χ4n) is 1.54. The predicted octanol–water partition coefficient (Wildman–Crippen LogP) is 1.48. The second-order valence-electron chi connectivity index (χ2n) is 4.57. The van der Waals surface area contributed by atoms with Crippen molar-refractivity contribution in [3.8, 4) is 0 Å². The molecular weight excluding hydrogens is 299 g/mol. The lowest BCUT2D eigenvalue weighted by atomic mass is 10.2. The highest BCUT2D eigenvalue weighted by atomic mass is 31.2. The summed E-state index contributed by atoms with van der Waals surface area (Å²) >= 11 is 0. The van der Waals surface area contributed by atoms with E-state index < -0.39 is 26.8 Å². The zero-order valence-corrected chi connectivity index (χ0v) is 12.9. The first-order chi connectivity index (χ1) is 8.45. The summed E-state index contributed by atoms with van der Waals surface area (Å²) in [5, 5.41) is -3.81. The summed E-state index contributed by atoms with van der Waals surface area (Å²) in [6, 6.07) is 0. The Morgan fingerprint density at radius 2 is 1.53 bits per heavy atom. The molecule has 0 aromatic rings. The molecule has 0 bridgehead atoms. The Kier molecular flexibility index (Phi) is 7.34. The minimum atomic E-state index is -5.55. The Morgan fingerprint density at radius 1 is 1.05 bits per heavy atom. The first-order valence-electron chi connectivity index (χ1n) is 5.94. The molecule has 19 heavy (non-hydrogen) atoms. The Labute approximate surface area is 112 Å². The fraction of sp³-hybridized carbons (Fsp3) is 1.00. The maximum absolute atomic E-state index is 14.0. The molecule has 0 aliphatic heterocycles. The summed E-state index contributed by atoms with van der Waals surface area (Å²) in [4.78, 5) is 36.9. The normalized spacial score (nSPS) is 14.1. The summed E-state index contributed by atoms with van der Waals surface area (Å²) in [7, 11) is -9.50. The van der Waals surface area contributed by atoms with Gasteiger partial charge >= 0.3 is 20.3 Å². The van der Waals surface area contributed by atoms with Crippen molar-refractivity contribution < 1.29 is 33.1 Å². The van der Waals surface area contributed by atoms with Crippen molar-refractivity contribution in [2.45, 2.75) is 37.8 Å². The molecule has 0 saturated heterocycles. The number of nitrogens with zero attached hydrogens (tertiary/aromatic N) is 1. The topological polar surface area (TPSA) is 118 Å². The summed E-state index contributed by atoms with van der Waals surface area (Å²) < 4.78 is 36.0. The lowest BCUT2D eigenvalue weighted by molar-refractivity contribution is 0.193. The summed E-state index contributed by atoms with van der Waals surface area (Å²) in [6.45, 7) is 2.44. The highest BCUT2D eigenvalue weighted by Gasteiger charge is 2.61. The van der Waals surface area contributed by atoms with Crippen LogP contribution in [0, 0.1) is 0 Å². The van der Waals surface area contributed by atoms with Gasteiger partial charge in [0.05, 0.1) is 0 Å². The fourth-order valence-corrected chi connectivity index (χ4v) is 3.68. The van der Waals surface area contributed by atoms with Crippen LogP contribution in [0.15, 0.2) is 0 Å². The number of unbranched alkanes of at least 4 members (excludes halogenated alkanes) is 2. The van der Waals surface area contributed by atoms with E-state index in [0.717, 1.165) is 19.3 Å². The summed E-state index contributed by atoms with van der Waals surface area (Å²) in [5.41, 5.74) is 0. The summed E-state index contributed by atoms with van der Waals surface area (Å²) in [5.74, 6) is 0. The zero-order chi connectivity index (χ0) is 15.3. The quantitative estimate of drug-likeness (QED) is 0.375. The average molecular weight is 321 g/mol. The van der Waals surface area contributed by atoms with Gasteiger partial charge in [-0.15, -0.1) is 0 Å². The molecule has 10 heteroatoms. The molecular formula is C9H22FNO6P2. The van der Waals surface area contributed by atoms with Crippen LogP contribution in [0.2, 0.25) is 0 Å². The van der Waals surface area contributed by atoms with E-state index in [9.17, 15) is 13.5 Å². The Bertz CT molecular complexity index is 346. The van der Waals surface area contributed by atoms with Gasteiger partial charge in [0.15, 0.2) is 0 Å². The van der Waals surface area contributed by atoms with Crippen molar-refractivity contribution in [1.29, 1.82) is 0 Å². The molecule has 0 aromatic heterocycles. The largest absolute Gasteiger partial charge is 0.375 e. The molecule has 0 heterocycles. The van der Waals surface area contributed by atoms with Crippen molar-refractivity contribution in [1.82, 2.24) is 4.90 Å². The molecule has 116 valence electrons. The Morgan fingerprint density at radius 3 is 1.89 bits per heavy atom. The predicted molar refractivity (Wildman–Crippen MR) is 69.6 cm³/mol. The third-order valence-electron chi connectivity index (χ3n) is 2.85. The van der Waals surface area contributed by atoms with Crippen LogP contribution in [0.5, 0.6) is 0 Å². The second-order valence-corrected chi connectivity index (χ2v) is 8.51. The molecule has 7 nitrogen and oxygen atoms in total. The molecule has 0 aromatic carbocycles. The Hall–Kier alpha value is 0.190. The molecule has 0 fully saturated rings. The molecule has 0 amide bonds. The van der Waals surface area contributed by atoms with Crippen LogP contribution in [-0.4, -0.2) is 49.8 Å². The SMILES string of the molecule is CCCCCN(C)CCC(F)(P(=O)(O)O)P(=O)(O)O. The van der Waals surface area contributed by atoms with Gasteiger partial charge in [0.2, 0.25) is 0 Å². The van der Waals surface area contributed by atoms with Crippen LogP contribution in [0.25, 0.3) is 0 Å². The molecule has 0 aliphatic carbocycles. The maximum atomic E-state index is 14.0. The van der Waals surface area contributed by atoms with Crippen LogP contribution in [-0.2, 0) is 9.13 Å². The van der Waals surface area contributed by atoms with Crippen LogP contribution in [0.3, 0.4) is 0 Å². The minimum Gasteiger partial charge on any atom is -0.322 e. The van der Waals surface area contributed by atoms with Gasteiger partial charge in [0.25, 0.3) is 0 Å². The first-order valence-corrected chi connectivity index (χ1v) is 9.17. The van der Waals surface area contributed by atoms with E-state index in [4.69, 9.17) is 19.6 Å². The lowest BCUT2D eigenvalue weighted by Gasteiger charge is -2.28. The Balaban J connectivity index is 4.63. The molecule has 4 N–H and O–H groups in total. The van der Waals surface area contributed by atoms with E-state index in [1.165, 1.54) is 0 Å². The van der Waals surface area contributed by atoms with Gasteiger partial charge in [0.1, 0.15) is 0 Å². The second kappa shape index (κ2) is 7.27. The van der Waals surface area contributed by atoms with Crippen molar-refractivity contribution >= 4 is 15.2 Å². The van der Waals surface area contributed by atoms with Gasteiger partial charge in [-0.1, -0.05) is 19.8 Å². The number of rotatable bonds is 9. The lowest BCUT2D eigenvalue weighted by Crippen LogP contribution is -2.30. The number of alkyl halides is 1. The van der Waals surface area contributed by atoms with E-state index in [1.54, 1.807) is 11.9 Å². The molecule has 0 spiro atoms. The highest BCUT2D eigenvalue weighted by molar-refractivity contribution is 7.72. The van der Waals surface area contributed by atoms with E-state index in [-0.39, 0.29) is 6.54 Å². The smallest absolute Gasteiger partial charge is 0.322 e. The third-order valence-corrected chi connectivity index (χ3v) is 6.64. The first kappa shape index (κ1) is 19.2. The minimum absolute atomic E-state index is 0.142. The van der Waals surface area contributed by atoms with Gasteiger partial charge in [0, 0.05) is 13.0 Å². The van der Waals surface area contributed by atoms with E-state index in [2.05, 4.69) is 0 Å². The molecule has 0 unspecified atom stereocenters. The average Bonchev–Trinajstić information content (AvgIpc) is 2.23. The van der Waals surface area contributed by atoms with Crippen molar-refractivity contribution in [2.24, 2.45) is 0 Å². The van der Waals surface area contributed by atoms with Crippen LogP contribution >= 0.6 is 15.2 Å². The standard InChI is InChI=1S/C9H22FNO6P2/c1-3-4-5-7-11(2)8-6-9(10,18(12,13)14)19(15,16)17/h3-8H2,1-2H3,(H2,12,13,14)(H2,15,16,17). The zero-order valence-electron chi connectivity index (χ0n) is 11.1. The number of hydrogen-bond acceptors (Lipinski definition) is 3. The van der Waals surface area contributed by atoms with Crippen LogP contribution in [0.1, 0.15) is 32.6 Å². The van der Waals surface area contributed by atoms with E-state index in [0.29, 0.717) is 6.54 Å².